The molecule has 0 aromatic rings. The van der Waals surface area contributed by atoms with E-state index >= 15 is 0 Å². The quantitative estimate of drug-likeness (QED) is 0.249. The van der Waals surface area contributed by atoms with Crippen molar-refractivity contribution in [2.45, 2.75) is 60.0 Å². The van der Waals surface area contributed by atoms with Gasteiger partial charge in [0.25, 0.3) is 0 Å². The maximum Gasteiger partial charge on any atom is 0.187 e. The van der Waals surface area contributed by atoms with E-state index in [4.69, 9.17) is 14.6 Å². The summed E-state index contributed by atoms with van der Waals surface area (Å²) >= 11 is 0. The van der Waals surface area contributed by atoms with Crippen molar-refractivity contribution in [3.63, 3.8) is 0 Å². The molecule has 2 rings (SSSR count). The van der Waals surface area contributed by atoms with Crippen molar-refractivity contribution in [1.82, 2.24) is 0 Å². The summed E-state index contributed by atoms with van der Waals surface area (Å²) in [6, 6.07) is 0. The number of aliphatic hydroxyl groups is 7. The molecule has 12 heteroatoms. The molecule has 9 atom stereocenters. The van der Waals surface area contributed by atoms with E-state index in [1.54, 1.807) is 0 Å². The highest BCUT2D eigenvalue weighted by Gasteiger charge is 2.54. The highest BCUT2D eigenvalue weighted by atomic mass is 32.2. The molecule has 11 nitrogen and oxygen atoms in total. The zero-order valence-corrected chi connectivity index (χ0v) is 13.3. The third kappa shape index (κ3) is 3.44. The van der Waals surface area contributed by atoms with E-state index in [0.717, 1.165) is 0 Å². The minimum absolute atomic E-state index is 0.496. The van der Waals surface area contributed by atoms with Crippen LogP contribution in [0.2, 0.25) is 0 Å². The third-order valence-electron chi connectivity index (χ3n) is 4.31. The number of hydrogen-bond acceptors (Lipinski definition) is 11. The first-order valence-corrected chi connectivity index (χ1v) is 8.91. The lowest BCUT2D eigenvalue weighted by atomic mass is 10.0. The maximum absolute atomic E-state index is 12.7. The van der Waals surface area contributed by atoms with Crippen molar-refractivity contribution in [3.05, 3.63) is 0 Å². The second-order valence-corrected chi connectivity index (χ2v) is 8.12. The Bertz CT molecular complexity index is 523. The molecule has 0 spiro atoms. The molecule has 0 radical (unpaired) electrons. The lowest BCUT2D eigenvalue weighted by Gasteiger charge is -2.43. The lowest BCUT2D eigenvalue weighted by Crippen LogP contribution is -2.63. The summed E-state index contributed by atoms with van der Waals surface area (Å²) in [6.45, 7) is -1.59. The Kier molecular flexibility index (Phi) is 6.18. The summed E-state index contributed by atoms with van der Waals surface area (Å²) < 4.78 is 35.4. The van der Waals surface area contributed by atoms with Crippen LogP contribution in [-0.4, -0.2) is 111 Å². The van der Waals surface area contributed by atoms with Gasteiger partial charge in [0, 0.05) is 0 Å². The van der Waals surface area contributed by atoms with Crippen LogP contribution in [0.1, 0.15) is 6.42 Å². The van der Waals surface area contributed by atoms with E-state index < -0.39 is 83.1 Å². The molecule has 0 saturated carbocycles. The molecule has 142 valence electrons. The van der Waals surface area contributed by atoms with E-state index in [2.05, 4.69) is 0 Å². The molecule has 2 aliphatic heterocycles. The van der Waals surface area contributed by atoms with Crippen LogP contribution in [0.5, 0.6) is 0 Å². The Hall–Kier alpha value is -0.410. The second-order valence-electron chi connectivity index (χ2n) is 5.88. The fourth-order valence-electron chi connectivity index (χ4n) is 2.88. The smallest absolute Gasteiger partial charge is 0.187 e. The number of rotatable bonds is 4. The van der Waals surface area contributed by atoms with Crippen LogP contribution in [0.15, 0.2) is 0 Å². The van der Waals surface area contributed by atoms with Crippen molar-refractivity contribution >= 4 is 9.84 Å². The van der Waals surface area contributed by atoms with Gasteiger partial charge in [-0.25, -0.2) is 8.42 Å². The van der Waals surface area contributed by atoms with Crippen LogP contribution in [0.25, 0.3) is 0 Å². The highest BCUT2D eigenvalue weighted by molar-refractivity contribution is 7.92. The molecule has 0 unspecified atom stereocenters. The number of ether oxygens (including phenoxy) is 2. The Labute approximate surface area is 137 Å². The van der Waals surface area contributed by atoms with Crippen molar-refractivity contribution < 1.29 is 53.6 Å². The molecule has 0 aliphatic carbocycles. The summed E-state index contributed by atoms with van der Waals surface area (Å²) in [4.78, 5) is 0. The largest absolute Gasteiger partial charge is 0.394 e. The van der Waals surface area contributed by atoms with Gasteiger partial charge >= 0.3 is 0 Å². The fourth-order valence-corrected chi connectivity index (χ4v) is 5.11. The standard InChI is InChI=1S/C12H22O11S/c13-2-5-7(1-4(15)11(19)22-5)24(20,21)12-10(18)9(17)8(16)6(3-14)23-12/h4-19H,1-3H2/t4-,5-,6-,7+,8+,9+,10-,11-,12+/m1/s1. The Morgan fingerprint density at radius 2 is 1.42 bits per heavy atom. The summed E-state index contributed by atoms with van der Waals surface area (Å²) in [6.07, 6.45) is -12.2. The van der Waals surface area contributed by atoms with Gasteiger partial charge in [0.2, 0.25) is 0 Å². The average molecular weight is 374 g/mol. The third-order valence-corrected chi connectivity index (χ3v) is 6.68. The molecule has 0 aromatic heterocycles. The molecule has 7 N–H and O–H groups in total. The van der Waals surface area contributed by atoms with Crippen molar-refractivity contribution in [2.75, 3.05) is 13.2 Å². The summed E-state index contributed by atoms with van der Waals surface area (Å²) in [5, 5.41) is 65.3. The van der Waals surface area contributed by atoms with E-state index in [0.29, 0.717) is 0 Å². The highest BCUT2D eigenvalue weighted by Crippen LogP contribution is 2.32. The number of aliphatic hydroxyl groups excluding tert-OH is 7. The van der Waals surface area contributed by atoms with Crippen LogP contribution in [-0.2, 0) is 19.3 Å². The number of sulfone groups is 1. The minimum atomic E-state index is -4.46. The van der Waals surface area contributed by atoms with Crippen molar-refractivity contribution in [1.29, 1.82) is 0 Å². The zero-order chi connectivity index (χ0) is 18.2. The predicted molar refractivity (Wildman–Crippen MR) is 75.1 cm³/mol. The van der Waals surface area contributed by atoms with E-state index in [9.17, 15) is 39.1 Å². The summed E-state index contributed by atoms with van der Waals surface area (Å²) in [7, 11) is -4.46. The normalized spacial score (nSPS) is 47.5. The van der Waals surface area contributed by atoms with Gasteiger partial charge in [0.15, 0.2) is 21.6 Å². The van der Waals surface area contributed by atoms with Gasteiger partial charge < -0.3 is 45.2 Å². The summed E-state index contributed by atoms with van der Waals surface area (Å²) in [5.74, 6) is 0. The Morgan fingerprint density at radius 1 is 0.833 bits per heavy atom. The second kappa shape index (κ2) is 7.45. The first-order chi connectivity index (χ1) is 11.1. The molecule has 2 fully saturated rings. The van der Waals surface area contributed by atoms with Crippen LogP contribution < -0.4 is 0 Å². The first kappa shape index (κ1) is 19.9. The molecule has 0 aromatic carbocycles. The maximum atomic E-state index is 12.7. The zero-order valence-electron chi connectivity index (χ0n) is 12.5. The van der Waals surface area contributed by atoms with Crippen molar-refractivity contribution in [2.24, 2.45) is 0 Å². The molecule has 0 amide bonds. The molecule has 2 heterocycles. The van der Waals surface area contributed by atoms with Gasteiger partial charge in [-0.3, -0.25) is 0 Å². The first-order valence-electron chi connectivity index (χ1n) is 7.30. The Morgan fingerprint density at radius 3 is 1.96 bits per heavy atom. The topological polar surface area (TPSA) is 194 Å². The fraction of sp³-hybridized carbons (Fsp3) is 1.00. The van der Waals surface area contributed by atoms with Crippen molar-refractivity contribution in [3.8, 4) is 0 Å². The molecular formula is C12H22O11S. The van der Waals surface area contributed by atoms with Gasteiger partial charge in [-0.1, -0.05) is 0 Å². The van der Waals surface area contributed by atoms with Crippen LogP contribution in [0, 0.1) is 0 Å². The van der Waals surface area contributed by atoms with Crippen LogP contribution in [0.3, 0.4) is 0 Å². The van der Waals surface area contributed by atoms with Gasteiger partial charge in [0.1, 0.15) is 36.6 Å². The van der Waals surface area contributed by atoms with Gasteiger partial charge in [-0.15, -0.1) is 0 Å². The predicted octanol–water partition coefficient (Wildman–Crippen LogP) is -4.97. The Balaban J connectivity index is 2.30. The van der Waals surface area contributed by atoms with Gasteiger partial charge in [-0.2, -0.15) is 0 Å². The van der Waals surface area contributed by atoms with Crippen LogP contribution in [0.4, 0.5) is 0 Å². The van der Waals surface area contributed by atoms with Gasteiger partial charge in [0.05, 0.1) is 18.5 Å². The molecular weight excluding hydrogens is 352 g/mol. The lowest BCUT2D eigenvalue weighted by molar-refractivity contribution is -0.222. The minimum Gasteiger partial charge on any atom is -0.394 e. The average Bonchev–Trinajstić information content (AvgIpc) is 2.54. The monoisotopic (exact) mass is 374 g/mol. The molecule has 0 bridgehead atoms. The van der Waals surface area contributed by atoms with Gasteiger partial charge in [-0.05, 0) is 6.42 Å². The molecule has 24 heavy (non-hydrogen) atoms. The van der Waals surface area contributed by atoms with E-state index in [1.807, 2.05) is 0 Å². The SMILES string of the molecule is O=S(=O)([C@@H]1O[C@H](CO)[C@H](O)[C@H](O)[C@H]1O)[C@H]1C[C@@H](O)[C@H](O)O[C@@H]1CO. The molecule has 2 saturated heterocycles. The molecule has 2 aliphatic rings. The van der Waals surface area contributed by atoms with Crippen LogP contribution >= 0.6 is 0 Å². The number of hydrogen-bond donors (Lipinski definition) is 7. The van der Waals surface area contributed by atoms with E-state index in [1.165, 1.54) is 0 Å². The summed E-state index contributed by atoms with van der Waals surface area (Å²) in [5.41, 5.74) is -2.02. The van der Waals surface area contributed by atoms with E-state index in [-0.39, 0.29) is 0 Å².